The highest BCUT2D eigenvalue weighted by Crippen LogP contribution is 2.14. The minimum atomic E-state index is -0.0351. The van der Waals surface area contributed by atoms with Crippen LogP contribution >= 0.6 is 0 Å². The molecule has 2 atom stereocenters. The number of hydrogen-bond donors (Lipinski definition) is 2. The fourth-order valence-electron chi connectivity index (χ4n) is 3.26. The summed E-state index contributed by atoms with van der Waals surface area (Å²) in [7, 11) is 0. The van der Waals surface area contributed by atoms with E-state index in [0.29, 0.717) is 24.3 Å². The number of nitrogens with one attached hydrogen (secondary N) is 2. The van der Waals surface area contributed by atoms with Crippen LogP contribution in [-0.4, -0.2) is 24.7 Å². The first-order chi connectivity index (χ1) is 12.6. The molecule has 1 aliphatic heterocycles. The number of ether oxygens (including phenoxy) is 1. The van der Waals surface area contributed by atoms with E-state index >= 15 is 0 Å². The van der Waals surface area contributed by atoms with E-state index in [0.717, 1.165) is 37.1 Å². The fraction of sp³-hybridized carbons (Fsp3) is 0.409. The largest absolute Gasteiger partial charge is 0.378 e. The molecule has 1 aliphatic rings. The molecule has 1 saturated heterocycles. The van der Waals surface area contributed by atoms with Gasteiger partial charge < -0.3 is 15.4 Å². The van der Waals surface area contributed by atoms with Crippen molar-refractivity contribution < 1.29 is 9.53 Å². The van der Waals surface area contributed by atoms with Crippen LogP contribution in [0.5, 0.6) is 0 Å². The van der Waals surface area contributed by atoms with E-state index in [1.807, 2.05) is 30.3 Å². The molecule has 1 amide bonds. The van der Waals surface area contributed by atoms with Gasteiger partial charge in [0, 0.05) is 31.3 Å². The van der Waals surface area contributed by atoms with Crippen molar-refractivity contribution in [1.29, 1.82) is 0 Å². The van der Waals surface area contributed by atoms with Crippen molar-refractivity contribution in [2.24, 2.45) is 0 Å². The molecule has 138 valence electrons. The summed E-state index contributed by atoms with van der Waals surface area (Å²) in [5.41, 5.74) is 4.17. The Bertz CT molecular complexity index is 727. The molecule has 0 bridgehead atoms. The van der Waals surface area contributed by atoms with Gasteiger partial charge in [-0.2, -0.15) is 0 Å². The van der Waals surface area contributed by atoms with Crippen molar-refractivity contribution in [3.8, 4) is 0 Å². The molecule has 0 aromatic heterocycles. The van der Waals surface area contributed by atoms with Gasteiger partial charge in [0.2, 0.25) is 0 Å². The van der Waals surface area contributed by atoms with Crippen LogP contribution in [0.25, 0.3) is 0 Å². The zero-order valence-corrected chi connectivity index (χ0v) is 15.6. The molecular weight excluding hydrogens is 324 g/mol. The van der Waals surface area contributed by atoms with Gasteiger partial charge in [0.1, 0.15) is 0 Å². The first kappa shape index (κ1) is 18.6. The maximum atomic E-state index is 12.4. The summed E-state index contributed by atoms with van der Waals surface area (Å²) in [4.78, 5) is 12.4. The number of amides is 1. The number of rotatable bonds is 6. The normalized spacial score (nSPS) is 19.9. The third-order valence-corrected chi connectivity index (χ3v) is 4.84. The second-order valence-corrected chi connectivity index (χ2v) is 7.15. The van der Waals surface area contributed by atoms with Crippen molar-refractivity contribution in [2.45, 2.75) is 51.9 Å². The standard InChI is InChI=1S/C22H28N2O2/c1-16-6-8-18(9-7-16)14-24-22(25)20-5-3-4-19(13-20)15-23-21-10-11-26-17(2)12-21/h3-9,13,17,21,23H,10-12,14-15H2,1-2H3,(H,24,25). The molecule has 2 aromatic carbocycles. The van der Waals surface area contributed by atoms with E-state index in [-0.39, 0.29) is 5.91 Å². The lowest BCUT2D eigenvalue weighted by molar-refractivity contribution is 0.0130. The Morgan fingerprint density at radius 2 is 1.92 bits per heavy atom. The third-order valence-electron chi connectivity index (χ3n) is 4.84. The zero-order chi connectivity index (χ0) is 18.4. The summed E-state index contributed by atoms with van der Waals surface area (Å²) in [6, 6.07) is 16.5. The molecular formula is C22H28N2O2. The zero-order valence-electron chi connectivity index (χ0n) is 15.6. The Morgan fingerprint density at radius 1 is 1.12 bits per heavy atom. The van der Waals surface area contributed by atoms with Crippen LogP contribution in [0.15, 0.2) is 48.5 Å². The molecule has 1 fully saturated rings. The van der Waals surface area contributed by atoms with Crippen LogP contribution in [0.1, 0.15) is 46.8 Å². The van der Waals surface area contributed by atoms with Gasteiger partial charge in [-0.25, -0.2) is 0 Å². The monoisotopic (exact) mass is 352 g/mol. The van der Waals surface area contributed by atoms with Crippen LogP contribution < -0.4 is 10.6 Å². The maximum Gasteiger partial charge on any atom is 0.251 e. The van der Waals surface area contributed by atoms with E-state index < -0.39 is 0 Å². The van der Waals surface area contributed by atoms with Gasteiger partial charge in [-0.1, -0.05) is 42.0 Å². The van der Waals surface area contributed by atoms with Crippen LogP contribution in [0.3, 0.4) is 0 Å². The van der Waals surface area contributed by atoms with Gasteiger partial charge in [-0.3, -0.25) is 4.79 Å². The lowest BCUT2D eigenvalue weighted by Crippen LogP contribution is -2.37. The average molecular weight is 352 g/mol. The number of aryl methyl sites for hydroxylation is 1. The first-order valence-electron chi connectivity index (χ1n) is 9.38. The molecule has 0 aliphatic carbocycles. The minimum Gasteiger partial charge on any atom is -0.378 e. The molecule has 0 radical (unpaired) electrons. The third kappa shape index (κ3) is 5.41. The predicted molar refractivity (Wildman–Crippen MR) is 104 cm³/mol. The van der Waals surface area contributed by atoms with Gasteiger partial charge in [0.05, 0.1) is 6.10 Å². The molecule has 3 rings (SSSR count). The summed E-state index contributed by atoms with van der Waals surface area (Å²) < 4.78 is 5.59. The predicted octanol–water partition coefficient (Wildman–Crippen LogP) is 3.58. The average Bonchev–Trinajstić information content (AvgIpc) is 2.66. The molecule has 1 heterocycles. The molecule has 26 heavy (non-hydrogen) atoms. The van der Waals surface area contributed by atoms with E-state index in [1.54, 1.807) is 0 Å². The summed E-state index contributed by atoms with van der Waals surface area (Å²) in [6.45, 7) is 6.31. The van der Waals surface area contributed by atoms with Gasteiger partial charge in [0.15, 0.2) is 0 Å². The van der Waals surface area contributed by atoms with Crippen LogP contribution in [0, 0.1) is 6.92 Å². The number of benzene rings is 2. The van der Waals surface area contributed by atoms with Crippen LogP contribution in [0.4, 0.5) is 0 Å². The Labute approximate surface area is 156 Å². The second kappa shape index (κ2) is 8.97. The van der Waals surface area contributed by atoms with Crippen molar-refractivity contribution >= 4 is 5.91 Å². The summed E-state index contributed by atoms with van der Waals surface area (Å²) >= 11 is 0. The lowest BCUT2D eigenvalue weighted by Gasteiger charge is -2.28. The molecule has 2 N–H and O–H groups in total. The molecule has 2 unspecified atom stereocenters. The molecule has 0 saturated carbocycles. The van der Waals surface area contributed by atoms with E-state index in [2.05, 4.69) is 42.7 Å². The highest BCUT2D eigenvalue weighted by Gasteiger charge is 2.18. The van der Waals surface area contributed by atoms with Gasteiger partial charge >= 0.3 is 0 Å². The smallest absolute Gasteiger partial charge is 0.251 e. The topological polar surface area (TPSA) is 50.4 Å². The number of hydrogen-bond acceptors (Lipinski definition) is 3. The van der Waals surface area contributed by atoms with Gasteiger partial charge in [-0.05, 0) is 49.9 Å². The van der Waals surface area contributed by atoms with Gasteiger partial charge in [0.25, 0.3) is 5.91 Å². The fourth-order valence-corrected chi connectivity index (χ4v) is 3.26. The second-order valence-electron chi connectivity index (χ2n) is 7.15. The molecule has 0 spiro atoms. The quantitative estimate of drug-likeness (QED) is 0.835. The maximum absolute atomic E-state index is 12.4. The Kier molecular flexibility index (Phi) is 6.42. The summed E-state index contributed by atoms with van der Waals surface area (Å²) in [6.07, 6.45) is 2.40. The highest BCUT2D eigenvalue weighted by molar-refractivity contribution is 5.94. The number of carbonyl (C=O) groups is 1. The van der Waals surface area contributed by atoms with Crippen molar-refractivity contribution in [3.05, 3.63) is 70.8 Å². The molecule has 4 heteroatoms. The van der Waals surface area contributed by atoms with Crippen molar-refractivity contribution in [3.63, 3.8) is 0 Å². The van der Waals surface area contributed by atoms with E-state index in [4.69, 9.17) is 4.74 Å². The minimum absolute atomic E-state index is 0.0351. The van der Waals surface area contributed by atoms with E-state index in [9.17, 15) is 4.79 Å². The van der Waals surface area contributed by atoms with Crippen LogP contribution in [-0.2, 0) is 17.8 Å². The SMILES string of the molecule is Cc1ccc(CNC(=O)c2cccc(CNC3CCOC(C)C3)c2)cc1. The molecule has 2 aromatic rings. The van der Waals surface area contributed by atoms with Crippen molar-refractivity contribution in [1.82, 2.24) is 10.6 Å². The number of carbonyl (C=O) groups excluding carboxylic acids is 1. The Morgan fingerprint density at radius 3 is 2.69 bits per heavy atom. The highest BCUT2D eigenvalue weighted by atomic mass is 16.5. The van der Waals surface area contributed by atoms with Crippen LogP contribution in [0.2, 0.25) is 0 Å². The van der Waals surface area contributed by atoms with Gasteiger partial charge in [-0.15, -0.1) is 0 Å². The van der Waals surface area contributed by atoms with E-state index in [1.165, 1.54) is 5.56 Å². The van der Waals surface area contributed by atoms with Crippen molar-refractivity contribution in [2.75, 3.05) is 6.61 Å². The first-order valence-corrected chi connectivity index (χ1v) is 9.38. The summed E-state index contributed by atoms with van der Waals surface area (Å²) in [5.74, 6) is -0.0351. The molecule has 4 nitrogen and oxygen atoms in total. The summed E-state index contributed by atoms with van der Waals surface area (Å²) in [5, 5.41) is 6.58. The lowest BCUT2D eigenvalue weighted by atomic mass is 10.0. The Hall–Kier alpha value is -2.17. The Balaban J connectivity index is 1.52.